The summed E-state index contributed by atoms with van der Waals surface area (Å²) in [7, 11) is 1.87. The van der Waals surface area contributed by atoms with E-state index in [1.54, 1.807) is 0 Å². The molecular formula is C16H16N4O. The molecule has 0 saturated carbocycles. The monoisotopic (exact) mass is 280 g/mol. The third kappa shape index (κ3) is 2.72. The first kappa shape index (κ1) is 13.2. The lowest BCUT2D eigenvalue weighted by Crippen LogP contribution is -2.21. The van der Waals surface area contributed by atoms with Crippen molar-refractivity contribution in [3.8, 4) is 0 Å². The van der Waals surface area contributed by atoms with Gasteiger partial charge in [0.2, 0.25) is 5.95 Å². The average molecular weight is 280 g/mol. The molecule has 0 radical (unpaired) electrons. The Kier molecular flexibility index (Phi) is 3.31. The maximum atomic E-state index is 12.0. The van der Waals surface area contributed by atoms with Crippen LogP contribution in [0.2, 0.25) is 0 Å². The highest BCUT2D eigenvalue weighted by atomic mass is 16.2. The fourth-order valence-corrected chi connectivity index (χ4v) is 2.16. The molecule has 3 aromatic rings. The van der Waals surface area contributed by atoms with Crippen molar-refractivity contribution in [3.05, 3.63) is 54.1 Å². The van der Waals surface area contributed by atoms with Crippen LogP contribution < -0.4 is 10.6 Å². The maximum absolute atomic E-state index is 12.0. The van der Waals surface area contributed by atoms with Gasteiger partial charge in [0.25, 0.3) is 0 Å². The van der Waals surface area contributed by atoms with Gasteiger partial charge in [-0.15, -0.1) is 0 Å². The standard InChI is InChI=1S/C16H16N4O/c1-11-7-9-12(10-8-11)17-16(21)19-15-18-13-5-3-4-6-14(13)20(15)2/h3-10H,1-2H3,(H2,17,18,19,21). The Bertz CT molecular complexity index is 790. The molecule has 0 aliphatic carbocycles. The van der Waals surface area contributed by atoms with Gasteiger partial charge in [0.05, 0.1) is 11.0 Å². The number of aromatic nitrogens is 2. The lowest BCUT2D eigenvalue weighted by molar-refractivity contribution is 0.262. The van der Waals surface area contributed by atoms with E-state index in [9.17, 15) is 4.79 Å². The van der Waals surface area contributed by atoms with Crippen LogP contribution in [0, 0.1) is 6.92 Å². The molecule has 21 heavy (non-hydrogen) atoms. The van der Waals surface area contributed by atoms with Crippen molar-refractivity contribution in [2.75, 3.05) is 10.6 Å². The number of para-hydroxylation sites is 2. The number of benzene rings is 2. The summed E-state index contributed by atoms with van der Waals surface area (Å²) in [5.74, 6) is 0.515. The molecule has 5 nitrogen and oxygen atoms in total. The van der Waals surface area contributed by atoms with E-state index in [4.69, 9.17) is 0 Å². The van der Waals surface area contributed by atoms with Crippen molar-refractivity contribution in [1.29, 1.82) is 0 Å². The molecule has 1 heterocycles. The number of fused-ring (bicyclic) bond motifs is 1. The van der Waals surface area contributed by atoms with Crippen LogP contribution in [0.15, 0.2) is 48.5 Å². The number of hydrogen-bond acceptors (Lipinski definition) is 2. The third-order valence-corrected chi connectivity index (χ3v) is 3.32. The van der Waals surface area contributed by atoms with E-state index >= 15 is 0 Å². The highest BCUT2D eigenvalue weighted by molar-refractivity contribution is 5.99. The molecule has 0 spiro atoms. The fourth-order valence-electron chi connectivity index (χ4n) is 2.16. The molecule has 0 saturated heterocycles. The average Bonchev–Trinajstić information content (AvgIpc) is 2.78. The first-order chi connectivity index (χ1) is 10.1. The summed E-state index contributed by atoms with van der Waals surface area (Å²) in [4.78, 5) is 16.4. The Labute approximate surface area is 122 Å². The van der Waals surface area contributed by atoms with E-state index < -0.39 is 0 Å². The quantitative estimate of drug-likeness (QED) is 0.754. The van der Waals surface area contributed by atoms with Crippen molar-refractivity contribution in [2.45, 2.75) is 6.92 Å². The second-order valence-electron chi connectivity index (χ2n) is 4.93. The predicted octanol–water partition coefficient (Wildman–Crippen LogP) is 3.53. The minimum Gasteiger partial charge on any atom is -0.313 e. The zero-order valence-electron chi connectivity index (χ0n) is 11.9. The molecule has 1 aromatic heterocycles. The second-order valence-corrected chi connectivity index (χ2v) is 4.93. The number of carbonyl (C=O) groups is 1. The number of aryl methyl sites for hydroxylation is 2. The van der Waals surface area contributed by atoms with E-state index in [2.05, 4.69) is 15.6 Å². The number of rotatable bonds is 2. The highest BCUT2D eigenvalue weighted by Gasteiger charge is 2.10. The summed E-state index contributed by atoms with van der Waals surface area (Å²) in [5, 5.41) is 5.55. The minimum absolute atomic E-state index is 0.308. The summed E-state index contributed by atoms with van der Waals surface area (Å²) in [5.41, 5.74) is 3.72. The SMILES string of the molecule is Cc1ccc(NC(=O)Nc2nc3ccccc3n2C)cc1. The molecule has 0 bridgehead atoms. The van der Waals surface area contributed by atoms with Gasteiger partial charge in [-0.25, -0.2) is 9.78 Å². The molecular weight excluding hydrogens is 264 g/mol. The van der Waals surface area contributed by atoms with Gasteiger partial charge < -0.3 is 9.88 Å². The van der Waals surface area contributed by atoms with Crippen LogP contribution in [0.1, 0.15) is 5.56 Å². The number of nitrogens with one attached hydrogen (secondary N) is 2. The zero-order chi connectivity index (χ0) is 14.8. The molecule has 0 aliphatic heterocycles. The Balaban J connectivity index is 1.77. The summed E-state index contributed by atoms with van der Waals surface area (Å²) in [6, 6.07) is 15.1. The number of hydrogen-bond donors (Lipinski definition) is 2. The van der Waals surface area contributed by atoms with E-state index in [1.807, 2.05) is 67.1 Å². The predicted molar refractivity (Wildman–Crippen MR) is 84.5 cm³/mol. The topological polar surface area (TPSA) is 59.0 Å². The summed E-state index contributed by atoms with van der Waals surface area (Å²) in [6.45, 7) is 2.00. The van der Waals surface area contributed by atoms with E-state index in [0.29, 0.717) is 5.95 Å². The van der Waals surface area contributed by atoms with Crippen molar-refractivity contribution in [1.82, 2.24) is 9.55 Å². The lowest BCUT2D eigenvalue weighted by Gasteiger charge is -2.07. The second kappa shape index (κ2) is 5.28. The summed E-state index contributed by atoms with van der Waals surface area (Å²) >= 11 is 0. The molecule has 2 N–H and O–H groups in total. The molecule has 2 aromatic carbocycles. The summed E-state index contributed by atoms with van der Waals surface area (Å²) < 4.78 is 1.85. The van der Waals surface area contributed by atoms with Crippen molar-refractivity contribution < 1.29 is 4.79 Å². The smallest absolute Gasteiger partial charge is 0.313 e. The Hall–Kier alpha value is -2.82. The molecule has 0 atom stereocenters. The number of imidazole rings is 1. The van der Waals surface area contributed by atoms with Crippen LogP contribution >= 0.6 is 0 Å². The number of nitrogens with zero attached hydrogens (tertiary/aromatic N) is 2. The summed E-state index contributed by atoms with van der Waals surface area (Å²) in [6.07, 6.45) is 0. The molecule has 2 amide bonds. The molecule has 0 unspecified atom stereocenters. The van der Waals surface area contributed by atoms with Crippen LogP contribution in [0.3, 0.4) is 0 Å². The molecule has 0 fully saturated rings. The Morgan fingerprint density at radius 2 is 1.76 bits per heavy atom. The fraction of sp³-hybridized carbons (Fsp3) is 0.125. The van der Waals surface area contributed by atoms with Crippen molar-refractivity contribution in [3.63, 3.8) is 0 Å². The molecule has 5 heteroatoms. The van der Waals surface area contributed by atoms with Gasteiger partial charge in [-0.05, 0) is 31.2 Å². The minimum atomic E-state index is -0.308. The Morgan fingerprint density at radius 1 is 1.05 bits per heavy atom. The van der Waals surface area contributed by atoms with E-state index in [-0.39, 0.29) is 6.03 Å². The van der Waals surface area contributed by atoms with E-state index in [1.165, 1.54) is 0 Å². The van der Waals surface area contributed by atoms with Crippen LogP contribution in [0.4, 0.5) is 16.4 Å². The van der Waals surface area contributed by atoms with Crippen molar-refractivity contribution >= 4 is 28.7 Å². The molecule has 106 valence electrons. The van der Waals surface area contributed by atoms with Crippen LogP contribution in [0.5, 0.6) is 0 Å². The van der Waals surface area contributed by atoms with Gasteiger partial charge in [0.1, 0.15) is 0 Å². The number of amides is 2. The number of carbonyl (C=O) groups excluding carboxylic acids is 1. The van der Waals surface area contributed by atoms with Gasteiger partial charge in [-0.3, -0.25) is 5.32 Å². The maximum Gasteiger partial charge on any atom is 0.326 e. The normalized spacial score (nSPS) is 10.6. The van der Waals surface area contributed by atoms with Gasteiger partial charge in [0.15, 0.2) is 0 Å². The molecule has 3 rings (SSSR count). The van der Waals surface area contributed by atoms with Gasteiger partial charge in [-0.1, -0.05) is 29.8 Å². The number of urea groups is 1. The first-order valence-corrected chi connectivity index (χ1v) is 6.69. The van der Waals surface area contributed by atoms with Gasteiger partial charge in [0, 0.05) is 12.7 Å². The highest BCUT2D eigenvalue weighted by Crippen LogP contribution is 2.17. The first-order valence-electron chi connectivity index (χ1n) is 6.69. The number of anilines is 2. The van der Waals surface area contributed by atoms with Crippen LogP contribution in [0.25, 0.3) is 11.0 Å². The van der Waals surface area contributed by atoms with E-state index in [0.717, 1.165) is 22.3 Å². The lowest BCUT2D eigenvalue weighted by atomic mass is 10.2. The van der Waals surface area contributed by atoms with Crippen LogP contribution in [-0.4, -0.2) is 15.6 Å². The third-order valence-electron chi connectivity index (χ3n) is 3.32. The zero-order valence-corrected chi connectivity index (χ0v) is 11.9. The van der Waals surface area contributed by atoms with Crippen molar-refractivity contribution in [2.24, 2.45) is 7.05 Å². The van der Waals surface area contributed by atoms with Gasteiger partial charge >= 0.3 is 6.03 Å². The largest absolute Gasteiger partial charge is 0.326 e. The molecule has 0 aliphatic rings. The van der Waals surface area contributed by atoms with Crippen LogP contribution in [-0.2, 0) is 7.05 Å². The Morgan fingerprint density at radius 3 is 2.48 bits per heavy atom. The van der Waals surface area contributed by atoms with Gasteiger partial charge in [-0.2, -0.15) is 0 Å².